The van der Waals surface area contributed by atoms with Gasteiger partial charge in [-0.2, -0.15) is 5.10 Å². The highest BCUT2D eigenvalue weighted by atomic mass is 19.1. The molecular weight excluding hydrogens is 435 g/mol. The summed E-state index contributed by atoms with van der Waals surface area (Å²) in [6.07, 6.45) is 6.60. The quantitative estimate of drug-likeness (QED) is 0.423. The van der Waals surface area contributed by atoms with Crippen molar-refractivity contribution in [3.8, 4) is 22.6 Å². The minimum absolute atomic E-state index is 0.257. The Balaban J connectivity index is 1.38. The number of imidazole rings is 2. The third kappa shape index (κ3) is 3.59. The first kappa shape index (κ1) is 20.2. The number of amides is 1. The van der Waals surface area contributed by atoms with Crippen LogP contribution in [0.1, 0.15) is 16.4 Å². The lowest BCUT2D eigenvalue weighted by Gasteiger charge is -2.29. The average Bonchev–Trinajstić information content (AvgIpc) is 3.42. The average molecular weight is 454 g/mol. The van der Waals surface area contributed by atoms with Gasteiger partial charge in [-0.05, 0) is 48.5 Å². The van der Waals surface area contributed by atoms with E-state index in [1.54, 1.807) is 53.7 Å². The van der Waals surface area contributed by atoms with Crippen molar-refractivity contribution in [1.82, 2.24) is 34.4 Å². The summed E-state index contributed by atoms with van der Waals surface area (Å²) >= 11 is 0. The van der Waals surface area contributed by atoms with E-state index < -0.39 is 0 Å². The summed E-state index contributed by atoms with van der Waals surface area (Å²) < 4.78 is 17.2. The van der Waals surface area contributed by atoms with Crippen molar-refractivity contribution in [1.29, 1.82) is 0 Å². The van der Waals surface area contributed by atoms with Crippen LogP contribution >= 0.6 is 0 Å². The fourth-order valence-electron chi connectivity index (χ4n) is 3.94. The highest BCUT2D eigenvalue weighted by Crippen LogP contribution is 2.33. The molecule has 0 aliphatic carbocycles. The number of hydrogen-bond donors (Lipinski definition) is 2. The van der Waals surface area contributed by atoms with Crippen LogP contribution in [0.4, 0.5) is 10.2 Å². The fourth-order valence-corrected chi connectivity index (χ4v) is 3.94. The lowest BCUT2D eigenvalue weighted by atomic mass is 10.1. The number of benzene rings is 1. The third-order valence-electron chi connectivity index (χ3n) is 5.81. The van der Waals surface area contributed by atoms with Crippen LogP contribution in [0.15, 0.2) is 73.4 Å². The van der Waals surface area contributed by atoms with Crippen molar-refractivity contribution in [2.75, 3.05) is 18.4 Å². The Morgan fingerprint density at radius 1 is 1.06 bits per heavy atom. The lowest BCUT2D eigenvalue weighted by Crippen LogP contribution is -2.43. The van der Waals surface area contributed by atoms with Crippen LogP contribution in [0.25, 0.3) is 28.3 Å². The molecule has 168 valence electrons. The molecule has 9 nitrogen and oxygen atoms in total. The first-order chi connectivity index (χ1) is 16.7. The number of carbonyl (C=O) groups is 1. The van der Waals surface area contributed by atoms with Crippen molar-refractivity contribution >= 4 is 17.4 Å². The van der Waals surface area contributed by atoms with Gasteiger partial charge in [0.25, 0.3) is 5.91 Å². The van der Waals surface area contributed by atoms with Gasteiger partial charge in [0.15, 0.2) is 11.5 Å². The zero-order valence-electron chi connectivity index (χ0n) is 17.9. The predicted octanol–water partition coefficient (Wildman–Crippen LogP) is 3.19. The first-order valence-corrected chi connectivity index (χ1v) is 10.8. The molecule has 1 aromatic carbocycles. The second-order valence-electron chi connectivity index (χ2n) is 8.01. The number of nitrogens with one attached hydrogen (secondary N) is 2. The number of rotatable bonds is 5. The number of fused-ring (bicyclic) bond motifs is 1. The van der Waals surface area contributed by atoms with Crippen molar-refractivity contribution in [3.05, 3.63) is 84.8 Å². The molecule has 5 aromatic rings. The number of anilines is 1. The van der Waals surface area contributed by atoms with Crippen LogP contribution in [-0.2, 0) is 0 Å². The summed E-state index contributed by atoms with van der Waals surface area (Å²) in [5.41, 5.74) is 4.15. The molecule has 10 heteroatoms. The molecule has 0 atom stereocenters. The van der Waals surface area contributed by atoms with E-state index in [2.05, 4.69) is 30.2 Å². The minimum atomic E-state index is -0.299. The van der Waals surface area contributed by atoms with Gasteiger partial charge in [-0.25, -0.2) is 18.9 Å². The Labute approximate surface area is 193 Å². The molecule has 0 radical (unpaired) electrons. The summed E-state index contributed by atoms with van der Waals surface area (Å²) in [4.78, 5) is 25.5. The standard InChI is InChI=1S/C24H19FN8O/c25-17-3-1-15(2-4-17)22-23(32(14-28-22)18-11-27-12-18)19-5-6-21-29-20(13-33(21)31-19)30-24(34)16-7-9-26-10-8-16/h1-10,13-14,18,27H,11-12H2,(H,30,34). The van der Waals surface area contributed by atoms with Gasteiger partial charge in [-0.1, -0.05) is 0 Å². The van der Waals surface area contributed by atoms with E-state index in [0.717, 1.165) is 30.0 Å². The van der Waals surface area contributed by atoms with Crippen LogP contribution in [-0.4, -0.2) is 48.1 Å². The Bertz CT molecular complexity index is 1490. The second-order valence-corrected chi connectivity index (χ2v) is 8.01. The van der Waals surface area contributed by atoms with Crippen LogP contribution in [0, 0.1) is 5.82 Å². The Morgan fingerprint density at radius 2 is 1.85 bits per heavy atom. The van der Waals surface area contributed by atoms with Gasteiger partial charge < -0.3 is 15.2 Å². The molecule has 0 unspecified atom stereocenters. The highest BCUT2D eigenvalue weighted by molar-refractivity contribution is 6.03. The molecular formula is C24H19FN8O. The molecule has 2 N–H and O–H groups in total. The van der Waals surface area contributed by atoms with Crippen molar-refractivity contribution in [2.45, 2.75) is 6.04 Å². The van der Waals surface area contributed by atoms with Crippen LogP contribution in [0.2, 0.25) is 0 Å². The molecule has 5 heterocycles. The molecule has 4 aromatic heterocycles. The van der Waals surface area contributed by atoms with Crippen LogP contribution in [0.5, 0.6) is 0 Å². The topological polar surface area (TPSA) is 102 Å². The van der Waals surface area contributed by atoms with Crippen LogP contribution < -0.4 is 10.6 Å². The van der Waals surface area contributed by atoms with Crippen LogP contribution in [0.3, 0.4) is 0 Å². The van der Waals surface area contributed by atoms with E-state index in [9.17, 15) is 9.18 Å². The summed E-state index contributed by atoms with van der Waals surface area (Å²) in [6, 6.07) is 13.5. The van der Waals surface area contributed by atoms with Gasteiger partial charge in [-0.15, -0.1) is 0 Å². The molecule has 0 saturated carbocycles. The maximum Gasteiger partial charge on any atom is 0.256 e. The number of hydrogen-bond acceptors (Lipinski definition) is 6. The van der Waals surface area contributed by atoms with Crippen molar-refractivity contribution in [3.63, 3.8) is 0 Å². The van der Waals surface area contributed by atoms with E-state index in [1.807, 2.05) is 12.1 Å². The number of pyridine rings is 1. The number of aromatic nitrogens is 6. The molecule has 1 amide bonds. The molecule has 1 aliphatic rings. The third-order valence-corrected chi connectivity index (χ3v) is 5.81. The largest absolute Gasteiger partial charge is 0.323 e. The van der Waals surface area contributed by atoms with Gasteiger partial charge >= 0.3 is 0 Å². The smallest absolute Gasteiger partial charge is 0.256 e. The van der Waals surface area contributed by atoms with Crippen molar-refractivity contribution in [2.24, 2.45) is 0 Å². The van der Waals surface area contributed by atoms with E-state index >= 15 is 0 Å². The summed E-state index contributed by atoms with van der Waals surface area (Å²) in [7, 11) is 0. The summed E-state index contributed by atoms with van der Waals surface area (Å²) in [5.74, 6) is -0.186. The summed E-state index contributed by atoms with van der Waals surface area (Å²) in [6.45, 7) is 1.68. The zero-order valence-corrected chi connectivity index (χ0v) is 17.9. The fraction of sp³-hybridized carbons (Fsp3) is 0.125. The number of halogens is 1. The van der Waals surface area contributed by atoms with Crippen molar-refractivity contribution < 1.29 is 9.18 Å². The maximum absolute atomic E-state index is 13.5. The normalized spacial score (nSPS) is 13.7. The van der Waals surface area contributed by atoms with E-state index in [0.29, 0.717) is 22.7 Å². The predicted molar refractivity (Wildman–Crippen MR) is 124 cm³/mol. The molecule has 1 fully saturated rings. The highest BCUT2D eigenvalue weighted by Gasteiger charge is 2.26. The summed E-state index contributed by atoms with van der Waals surface area (Å²) in [5, 5.41) is 10.8. The molecule has 1 aliphatic heterocycles. The first-order valence-electron chi connectivity index (χ1n) is 10.8. The van der Waals surface area contributed by atoms with E-state index in [1.165, 1.54) is 12.1 Å². The second kappa shape index (κ2) is 8.16. The number of nitrogens with zero attached hydrogens (tertiary/aromatic N) is 6. The minimum Gasteiger partial charge on any atom is -0.323 e. The number of carbonyl (C=O) groups excluding carboxylic acids is 1. The monoisotopic (exact) mass is 454 g/mol. The van der Waals surface area contributed by atoms with E-state index in [4.69, 9.17) is 5.10 Å². The Morgan fingerprint density at radius 3 is 2.59 bits per heavy atom. The van der Waals surface area contributed by atoms with Gasteiger partial charge in [-0.3, -0.25) is 9.78 Å². The maximum atomic E-state index is 13.5. The molecule has 1 saturated heterocycles. The SMILES string of the molecule is O=C(Nc1cn2nc(-c3c(-c4ccc(F)cc4)ncn3C3CNC3)ccc2n1)c1ccncc1. The molecule has 0 bridgehead atoms. The Hall–Kier alpha value is -4.44. The Kier molecular flexibility index (Phi) is 4.84. The van der Waals surface area contributed by atoms with Gasteiger partial charge in [0, 0.05) is 36.6 Å². The van der Waals surface area contributed by atoms with E-state index in [-0.39, 0.29) is 17.8 Å². The van der Waals surface area contributed by atoms with Gasteiger partial charge in [0.2, 0.25) is 0 Å². The lowest BCUT2D eigenvalue weighted by molar-refractivity contribution is 0.102. The van der Waals surface area contributed by atoms with Gasteiger partial charge in [0.05, 0.1) is 30.0 Å². The molecule has 6 rings (SSSR count). The van der Waals surface area contributed by atoms with Gasteiger partial charge in [0.1, 0.15) is 11.5 Å². The zero-order chi connectivity index (χ0) is 23.1. The molecule has 0 spiro atoms. The molecule has 34 heavy (non-hydrogen) atoms.